The van der Waals surface area contributed by atoms with Crippen molar-refractivity contribution in [3.05, 3.63) is 34.3 Å². The van der Waals surface area contributed by atoms with Crippen molar-refractivity contribution in [1.29, 1.82) is 0 Å². The summed E-state index contributed by atoms with van der Waals surface area (Å²) in [5.41, 5.74) is 2.88. The molecule has 2 aromatic rings. The smallest absolute Gasteiger partial charge is 0.408 e. The van der Waals surface area contributed by atoms with Gasteiger partial charge in [0.1, 0.15) is 0 Å². The third-order valence-electron chi connectivity index (χ3n) is 3.97. The Balaban J connectivity index is 1.87. The van der Waals surface area contributed by atoms with Gasteiger partial charge in [-0.2, -0.15) is 0 Å². The average Bonchev–Trinajstić information content (AvgIpc) is 2.74. The number of piperidine rings is 1. The van der Waals surface area contributed by atoms with E-state index in [4.69, 9.17) is 4.42 Å². The number of hydrogen-bond acceptors (Lipinski definition) is 3. The van der Waals surface area contributed by atoms with Crippen LogP contribution in [-0.2, 0) is 13.0 Å². The number of aryl methyl sites for hydroxylation is 1. The first-order valence-corrected chi connectivity index (χ1v) is 7.11. The lowest BCUT2D eigenvalue weighted by atomic mass is 9.92. The van der Waals surface area contributed by atoms with Crippen LogP contribution in [-0.4, -0.2) is 17.7 Å². The highest BCUT2D eigenvalue weighted by Gasteiger charge is 2.15. The molecule has 1 aromatic carbocycles. The maximum atomic E-state index is 11.7. The number of oxazole rings is 1. The summed E-state index contributed by atoms with van der Waals surface area (Å²) < 4.78 is 6.98. The van der Waals surface area contributed by atoms with Crippen LogP contribution < -0.4 is 11.1 Å². The molecule has 2 heterocycles. The topological polar surface area (TPSA) is 47.2 Å². The zero-order chi connectivity index (χ0) is 13.2. The lowest BCUT2D eigenvalue weighted by Gasteiger charge is -2.22. The highest BCUT2D eigenvalue weighted by Crippen LogP contribution is 2.20. The number of nitrogens with one attached hydrogen (secondary N) is 1. The van der Waals surface area contributed by atoms with Crippen molar-refractivity contribution >= 4 is 11.1 Å². The summed E-state index contributed by atoms with van der Waals surface area (Å²) in [4.78, 5) is 11.7. The van der Waals surface area contributed by atoms with Gasteiger partial charge in [-0.15, -0.1) is 0 Å². The van der Waals surface area contributed by atoms with Gasteiger partial charge >= 0.3 is 5.76 Å². The molecule has 0 amide bonds. The molecule has 4 nitrogen and oxygen atoms in total. The van der Waals surface area contributed by atoms with E-state index in [0.29, 0.717) is 18.0 Å². The minimum absolute atomic E-state index is 0.256. The van der Waals surface area contributed by atoms with Gasteiger partial charge in [0, 0.05) is 6.54 Å². The monoisotopic (exact) mass is 260 g/mol. The minimum atomic E-state index is -0.256. The number of hydrogen-bond donors (Lipinski definition) is 1. The summed E-state index contributed by atoms with van der Waals surface area (Å²) >= 11 is 0. The molecule has 1 N–H and O–H groups in total. The second-order valence-corrected chi connectivity index (χ2v) is 5.33. The standard InChI is InChI=1S/C15H20N2O2/c1-2-17-13-6-5-11(9-14(13)19-15(17)18)8-12-4-3-7-16-10-12/h5-6,9,12,16H,2-4,7-8,10H2,1H3. The lowest BCUT2D eigenvalue weighted by molar-refractivity contribution is 0.376. The number of rotatable bonds is 3. The SMILES string of the molecule is CCn1c(=O)oc2cc(CC3CCCNC3)ccc21. The number of aromatic nitrogens is 1. The Hall–Kier alpha value is -1.55. The Labute approximate surface area is 112 Å². The zero-order valence-corrected chi connectivity index (χ0v) is 11.3. The molecule has 1 aliphatic heterocycles. The fourth-order valence-electron chi connectivity index (χ4n) is 2.97. The highest BCUT2D eigenvalue weighted by molar-refractivity contribution is 5.73. The van der Waals surface area contributed by atoms with Crippen molar-refractivity contribution in [2.45, 2.75) is 32.7 Å². The van der Waals surface area contributed by atoms with Gasteiger partial charge in [0.2, 0.25) is 0 Å². The third kappa shape index (κ3) is 2.45. The summed E-state index contributed by atoms with van der Waals surface area (Å²) in [7, 11) is 0. The van der Waals surface area contributed by atoms with E-state index in [-0.39, 0.29) is 5.76 Å². The van der Waals surface area contributed by atoms with Gasteiger partial charge in [0.15, 0.2) is 5.58 Å². The van der Waals surface area contributed by atoms with Crippen molar-refractivity contribution in [1.82, 2.24) is 9.88 Å². The molecule has 1 fully saturated rings. The summed E-state index contributed by atoms with van der Waals surface area (Å²) in [5, 5.41) is 3.44. The van der Waals surface area contributed by atoms with Crippen molar-refractivity contribution in [2.24, 2.45) is 5.92 Å². The van der Waals surface area contributed by atoms with Crippen LogP contribution in [0.1, 0.15) is 25.3 Å². The highest BCUT2D eigenvalue weighted by atomic mass is 16.4. The Kier molecular flexibility index (Phi) is 3.42. The molecular formula is C15H20N2O2. The van der Waals surface area contributed by atoms with Gasteiger partial charge in [0.25, 0.3) is 0 Å². The van der Waals surface area contributed by atoms with Gasteiger partial charge in [-0.1, -0.05) is 6.07 Å². The first kappa shape index (κ1) is 12.5. The quantitative estimate of drug-likeness (QED) is 0.920. The van der Waals surface area contributed by atoms with Gasteiger partial charge < -0.3 is 9.73 Å². The van der Waals surface area contributed by atoms with Crippen LogP contribution in [0.25, 0.3) is 11.1 Å². The van der Waals surface area contributed by atoms with Crippen molar-refractivity contribution in [3.8, 4) is 0 Å². The van der Waals surface area contributed by atoms with Crippen LogP contribution in [0.2, 0.25) is 0 Å². The molecule has 0 aliphatic carbocycles. The maximum Gasteiger partial charge on any atom is 0.419 e. The predicted octanol–water partition coefficient (Wildman–Crippen LogP) is 2.16. The molecule has 0 bridgehead atoms. The molecule has 102 valence electrons. The molecule has 1 aromatic heterocycles. The van der Waals surface area contributed by atoms with Gasteiger partial charge in [0.05, 0.1) is 5.52 Å². The van der Waals surface area contributed by atoms with Gasteiger partial charge in [-0.05, 0) is 62.9 Å². The lowest BCUT2D eigenvalue weighted by Crippen LogP contribution is -2.30. The summed E-state index contributed by atoms with van der Waals surface area (Å²) in [5.74, 6) is 0.445. The second-order valence-electron chi connectivity index (χ2n) is 5.33. The normalized spacial score (nSPS) is 19.9. The largest absolute Gasteiger partial charge is 0.419 e. The van der Waals surface area contributed by atoms with Crippen LogP contribution in [0.3, 0.4) is 0 Å². The predicted molar refractivity (Wildman–Crippen MR) is 75.4 cm³/mol. The van der Waals surface area contributed by atoms with E-state index in [1.807, 2.05) is 19.1 Å². The molecule has 3 rings (SSSR count). The molecule has 0 saturated carbocycles. The van der Waals surface area contributed by atoms with Crippen LogP contribution in [0.5, 0.6) is 0 Å². The zero-order valence-electron chi connectivity index (χ0n) is 11.3. The summed E-state index contributed by atoms with van der Waals surface area (Å²) in [6.07, 6.45) is 3.60. The van der Waals surface area contributed by atoms with Crippen LogP contribution in [0, 0.1) is 5.92 Å². The number of nitrogens with zero attached hydrogens (tertiary/aromatic N) is 1. The molecule has 0 spiro atoms. The molecule has 4 heteroatoms. The molecule has 1 saturated heterocycles. The maximum absolute atomic E-state index is 11.7. The summed E-state index contributed by atoms with van der Waals surface area (Å²) in [6.45, 7) is 4.84. The fourth-order valence-corrected chi connectivity index (χ4v) is 2.97. The number of fused-ring (bicyclic) bond motifs is 1. The van der Waals surface area contributed by atoms with E-state index < -0.39 is 0 Å². The first-order valence-electron chi connectivity index (χ1n) is 7.11. The Bertz CT molecular complexity index is 621. The molecule has 1 atom stereocenters. The van der Waals surface area contributed by atoms with E-state index in [0.717, 1.165) is 25.0 Å². The fraction of sp³-hybridized carbons (Fsp3) is 0.533. The number of benzene rings is 1. The van der Waals surface area contributed by atoms with Gasteiger partial charge in [-0.25, -0.2) is 4.79 Å². The van der Waals surface area contributed by atoms with Crippen LogP contribution >= 0.6 is 0 Å². The molecule has 1 aliphatic rings. The Morgan fingerprint density at radius 3 is 3.11 bits per heavy atom. The van der Waals surface area contributed by atoms with Crippen LogP contribution in [0.4, 0.5) is 0 Å². The first-order chi connectivity index (χ1) is 9.28. The van der Waals surface area contributed by atoms with E-state index in [9.17, 15) is 4.79 Å². The van der Waals surface area contributed by atoms with Gasteiger partial charge in [-0.3, -0.25) is 4.57 Å². The average molecular weight is 260 g/mol. The van der Waals surface area contributed by atoms with Crippen LogP contribution in [0.15, 0.2) is 27.4 Å². The van der Waals surface area contributed by atoms with E-state index in [1.54, 1.807) is 4.57 Å². The Morgan fingerprint density at radius 1 is 1.47 bits per heavy atom. The van der Waals surface area contributed by atoms with E-state index in [1.165, 1.54) is 18.4 Å². The van der Waals surface area contributed by atoms with Crippen molar-refractivity contribution < 1.29 is 4.42 Å². The third-order valence-corrected chi connectivity index (χ3v) is 3.97. The Morgan fingerprint density at radius 2 is 2.37 bits per heavy atom. The molecule has 1 unspecified atom stereocenters. The van der Waals surface area contributed by atoms with E-state index >= 15 is 0 Å². The summed E-state index contributed by atoms with van der Waals surface area (Å²) in [6, 6.07) is 6.16. The van der Waals surface area contributed by atoms with Crippen molar-refractivity contribution in [3.63, 3.8) is 0 Å². The second kappa shape index (κ2) is 5.21. The molecular weight excluding hydrogens is 240 g/mol. The minimum Gasteiger partial charge on any atom is -0.408 e. The van der Waals surface area contributed by atoms with Crippen molar-refractivity contribution in [2.75, 3.05) is 13.1 Å². The molecule has 0 radical (unpaired) electrons. The van der Waals surface area contributed by atoms with E-state index in [2.05, 4.69) is 11.4 Å². The molecule has 19 heavy (non-hydrogen) atoms.